The molecule has 0 fully saturated rings. The van der Waals surface area contributed by atoms with Gasteiger partial charge in [0.25, 0.3) is 0 Å². The summed E-state index contributed by atoms with van der Waals surface area (Å²) in [5.41, 5.74) is 3.44. The highest BCUT2D eigenvalue weighted by atomic mass is 16.6. The lowest BCUT2D eigenvalue weighted by molar-refractivity contribution is -0.143. The summed E-state index contributed by atoms with van der Waals surface area (Å²) in [6.07, 6.45) is -0.644. The third-order valence-electron chi connectivity index (χ3n) is 4.34. The number of benzene rings is 2. The highest BCUT2D eigenvalue weighted by Gasteiger charge is 2.40. The summed E-state index contributed by atoms with van der Waals surface area (Å²) in [6, 6.07) is 14.9. The van der Waals surface area contributed by atoms with Crippen LogP contribution in [0.1, 0.15) is 37.8 Å². The molecule has 5 nitrogen and oxygen atoms in total. The molecule has 0 aliphatic heterocycles. The highest BCUT2D eigenvalue weighted by Crippen LogP contribution is 2.46. The average molecular weight is 353 g/mol. The second-order valence-corrected chi connectivity index (χ2v) is 7.30. The van der Waals surface area contributed by atoms with E-state index in [2.05, 4.69) is 5.32 Å². The van der Waals surface area contributed by atoms with Crippen molar-refractivity contribution in [1.29, 1.82) is 0 Å². The molecular formula is C21H23NO4. The molecule has 26 heavy (non-hydrogen) atoms. The summed E-state index contributed by atoms with van der Waals surface area (Å²) < 4.78 is 10.3. The lowest BCUT2D eigenvalue weighted by Gasteiger charge is -2.26. The number of hydrogen-bond acceptors (Lipinski definition) is 4. The Morgan fingerprint density at radius 2 is 1.46 bits per heavy atom. The molecule has 3 rings (SSSR count). The fourth-order valence-electron chi connectivity index (χ4n) is 3.39. The maximum absolute atomic E-state index is 12.5. The van der Waals surface area contributed by atoms with Crippen LogP contribution in [0.2, 0.25) is 0 Å². The Kier molecular flexibility index (Phi) is 4.72. The zero-order chi connectivity index (χ0) is 18.9. The predicted octanol–water partition coefficient (Wildman–Crippen LogP) is 3.87. The van der Waals surface area contributed by atoms with Crippen LogP contribution in [0, 0.1) is 0 Å². The Labute approximate surface area is 153 Å². The van der Waals surface area contributed by atoms with Gasteiger partial charge in [-0.25, -0.2) is 9.59 Å². The van der Waals surface area contributed by atoms with Crippen molar-refractivity contribution in [2.45, 2.75) is 38.3 Å². The van der Waals surface area contributed by atoms with Crippen LogP contribution in [0.4, 0.5) is 4.79 Å². The van der Waals surface area contributed by atoms with E-state index in [9.17, 15) is 9.59 Å². The molecule has 0 radical (unpaired) electrons. The fraction of sp³-hybridized carbons (Fsp3) is 0.333. The molecular weight excluding hydrogens is 330 g/mol. The number of fused-ring (bicyclic) bond motifs is 3. The first-order chi connectivity index (χ1) is 12.3. The smallest absolute Gasteiger partial charge is 0.408 e. The molecule has 1 aliphatic rings. The van der Waals surface area contributed by atoms with E-state index >= 15 is 0 Å². The van der Waals surface area contributed by atoms with Crippen molar-refractivity contribution in [3.8, 4) is 11.1 Å². The van der Waals surface area contributed by atoms with E-state index in [1.807, 2.05) is 48.5 Å². The first kappa shape index (κ1) is 18.0. The molecule has 1 atom stereocenters. The van der Waals surface area contributed by atoms with Crippen molar-refractivity contribution in [3.05, 3.63) is 59.7 Å². The van der Waals surface area contributed by atoms with Gasteiger partial charge in [-0.3, -0.25) is 0 Å². The molecule has 5 heteroatoms. The van der Waals surface area contributed by atoms with Gasteiger partial charge in [-0.15, -0.1) is 0 Å². The van der Waals surface area contributed by atoms with Gasteiger partial charge >= 0.3 is 12.1 Å². The third kappa shape index (κ3) is 3.43. The molecule has 0 saturated carbocycles. The molecule has 0 heterocycles. The van der Waals surface area contributed by atoms with Crippen LogP contribution in [0.3, 0.4) is 0 Å². The molecule has 1 amide bonds. The minimum absolute atomic E-state index is 0.331. The van der Waals surface area contributed by atoms with Gasteiger partial charge in [-0.05, 0) is 43.0 Å². The highest BCUT2D eigenvalue weighted by molar-refractivity contribution is 5.88. The second kappa shape index (κ2) is 6.83. The Morgan fingerprint density at radius 3 is 1.92 bits per heavy atom. The topological polar surface area (TPSA) is 64.6 Å². The number of alkyl carbamates (subject to hydrolysis) is 1. The maximum Gasteiger partial charge on any atom is 0.408 e. The van der Waals surface area contributed by atoms with Gasteiger partial charge in [0.05, 0.1) is 7.11 Å². The SMILES string of the molecule is COC(=O)C(NC(=O)OC(C)(C)C)C1c2ccccc2-c2ccccc21. The van der Waals surface area contributed by atoms with Gasteiger partial charge < -0.3 is 14.8 Å². The number of nitrogens with one attached hydrogen (secondary N) is 1. The first-order valence-electron chi connectivity index (χ1n) is 8.57. The van der Waals surface area contributed by atoms with E-state index in [1.54, 1.807) is 20.8 Å². The summed E-state index contributed by atoms with van der Waals surface area (Å²) in [4.78, 5) is 24.9. The van der Waals surface area contributed by atoms with Crippen molar-refractivity contribution in [2.24, 2.45) is 0 Å². The van der Waals surface area contributed by atoms with E-state index in [0.29, 0.717) is 0 Å². The molecule has 1 N–H and O–H groups in total. The molecule has 1 unspecified atom stereocenters. The number of methoxy groups -OCH3 is 1. The van der Waals surface area contributed by atoms with Crippen molar-refractivity contribution < 1.29 is 19.1 Å². The number of esters is 1. The summed E-state index contributed by atoms with van der Waals surface area (Å²) in [7, 11) is 1.32. The number of amides is 1. The third-order valence-corrected chi connectivity index (χ3v) is 4.34. The second-order valence-electron chi connectivity index (χ2n) is 7.30. The number of carbonyl (C=O) groups is 2. The Bertz CT molecular complexity index is 792. The molecule has 2 aromatic carbocycles. The molecule has 2 aromatic rings. The normalized spacial score (nSPS) is 14.2. The summed E-state index contributed by atoms with van der Waals surface area (Å²) in [5.74, 6) is -0.838. The van der Waals surface area contributed by atoms with E-state index < -0.39 is 23.7 Å². The van der Waals surface area contributed by atoms with Crippen molar-refractivity contribution in [2.75, 3.05) is 7.11 Å². The summed E-state index contributed by atoms with van der Waals surface area (Å²) in [6.45, 7) is 5.33. The van der Waals surface area contributed by atoms with Crippen LogP contribution >= 0.6 is 0 Å². The summed E-state index contributed by atoms with van der Waals surface area (Å²) >= 11 is 0. The first-order valence-corrected chi connectivity index (χ1v) is 8.57. The number of hydrogen-bond donors (Lipinski definition) is 1. The summed E-state index contributed by atoms with van der Waals surface area (Å²) in [5, 5.41) is 2.71. The molecule has 0 saturated heterocycles. The lowest BCUT2D eigenvalue weighted by Crippen LogP contribution is -2.47. The van der Waals surface area contributed by atoms with Gasteiger partial charge in [-0.1, -0.05) is 48.5 Å². The number of carbonyl (C=O) groups excluding carboxylic acids is 2. The van der Waals surface area contributed by atoms with Crippen LogP contribution in [-0.4, -0.2) is 30.8 Å². The Morgan fingerprint density at radius 1 is 0.962 bits per heavy atom. The molecule has 0 spiro atoms. The lowest BCUT2D eigenvalue weighted by atomic mass is 9.89. The van der Waals surface area contributed by atoms with E-state index in [-0.39, 0.29) is 5.92 Å². The van der Waals surface area contributed by atoms with Crippen LogP contribution in [-0.2, 0) is 14.3 Å². The fourth-order valence-corrected chi connectivity index (χ4v) is 3.39. The maximum atomic E-state index is 12.5. The van der Waals surface area contributed by atoms with Crippen molar-refractivity contribution >= 4 is 12.1 Å². The van der Waals surface area contributed by atoms with Crippen molar-refractivity contribution in [1.82, 2.24) is 5.32 Å². The van der Waals surface area contributed by atoms with Gasteiger partial charge in [0.15, 0.2) is 0 Å². The van der Waals surface area contributed by atoms with Crippen LogP contribution in [0.15, 0.2) is 48.5 Å². The zero-order valence-electron chi connectivity index (χ0n) is 15.4. The zero-order valence-corrected chi connectivity index (χ0v) is 15.4. The van der Waals surface area contributed by atoms with Crippen LogP contribution < -0.4 is 5.32 Å². The minimum atomic E-state index is -0.875. The van der Waals surface area contributed by atoms with E-state index in [4.69, 9.17) is 9.47 Å². The molecule has 1 aliphatic carbocycles. The quantitative estimate of drug-likeness (QED) is 0.851. The standard InChI is InChI=1S/C21H23NO4/c1-21(2,3)26-20(24)22-18(19(23)25-4)17-15-11-7-5-9-13(15)14-10-6-8-12-16(14)17/h5-12,17-18H,1-4H3,(H,22,24). The van der Waals surface area contributed by atoms with Gasteiger partial charge in [0.1, 0.15) is 11.6 Å². The average Bonchev–Trinajstić information content (AvgIpc) is 2.92. The monoisotopic (exact) mass is 353 g/mol. The van der Waals surface area contributed by atoms with Crippen molar-refractivity contribution in [3.63, 3.8) is 0 Å². The molecule has 0 bridgehead atoms. The largest absolute Gasteiger partial charge is 0.467 e. The number of rotatable bonds is 3. The Hall–Kier alpha value is -2.82. The molecule has 0 aromatic heterocycles. The Balaban J connectivity index is 2.02. The number of ether oxygens (including phenoxy) is 2. The van der Waals surface area contributed by atoms with Crippen LogP contribution in [0.25, 0.3) is 11.1 Å². The van der Waals surface area contributed by atoms with Crippen LogP contribution in [0.5, 0.6) is 0 Å². The molecule has 136 valence electrons. The van der Waals surface area contributed by atoms with E-state index in [0.717, 1.165) is 22.3 Å². The van der Waals surface area contributed by atoms with Gasteiger partial charge in [0, 0.05) is 5.92 Å². The predicted molar refractivity (Wildman–Crippen MR) is 98.9 cm³/mol. The van der Waals surface area contributed by atoms with Gasteiger partial charge in [0.2, 0.25) is 0 Å². The van der Waals surface area contributed by atoms with Gasteiger partial charge in [-0.2, -0.15) is 0 Å². The minimum Gasteiger partial charge on any atom is -0.467 e. The van der Waals surface area contributed by atoms with E-state index in [1.165, 1.54) is 7.11 Å².